The maximum atomic E-state index is 10.7. The van der Waals surface area contributed by atoms with Gasteiger partial charge in [0.15, 0.2) is 0 Å². The van der Waals surface area contributed by atoms with Crippen molar-refractivity contribution in [2.75, 3.05) is 18.6 Å². The third-order valence-electron chi connectivity index (χ3n) is 1.63. The van der Waals surface area contributed by atoms with Crippen LogP contribution in [-0.2, 0) is 16.4 Å². The molecular weight excluding hydrogens is 188 g/mol. The SMILES string of the molecule is CS(=O)(=O)CCNCc1ccc[nH]1. The van der Waals surface area contributed by atoms with Gasteiger partial charge < -0.3 is 10.3 Å². The normalized spacial score (nSPS) is 11.8. The summed E-state index contributed by atoms with van der Waals surface area (Å²) in [4.78, 5) is 3.02. The zero-order valence-electron chi connectivity index (χ0n) is 7.58. The topological polar surface area (TPSA) is 62.0 Å². The number of aromatic amines is 1. The van der Waals surface area contributed by atoms with Crippen molar-refractivity contribution in [1.29, 1.82) is 0 Å². The molecule has 2 N–H and O–H groups in total. The molecule has 13 heavy (non-hydrogen) atoms. The Hall–Kier alpha value is -0.810. The lowest BCUT2D eigenvalue weighted by Crippen LogP contribution is -2.21. The van der Waals surface area contributed by atoms with Crippen molar-refractivity contribution in [1.82, 2.24) is 10.3 Å². The molecule has 1 heterocycles. The van der Waals surface area contributed by atoms with Crippen LogP contribution in [0.3, 0.4) is 0 Å². The minimum atomic E-state index is -2.84. The number of nitrogens with one attached hydrogen (secondary N) is 2. The van der Waals surface area contributed by atoms with E-state index in [9.17, 15) is 8.42 Å². The van der Waals surface area contributed by atoms with Crippen molar-refractivity contribution >= 4 is 9.84 Å². The molecule has 0 saturated heterocycles. The van der Waals surface area contributed by atoms with Crippen molar-refractivity contribution in [3.63, 3.8) is 0 Å². The largest absolute Gasteiger partial charge is 0.364 e. The van der Waals surface area contributed by atoms with Crippen molar-refractivity contribution < 1.29 is 8.42 Å². The first kappa shape index (κ1) is 10.3. The lowest BCUT2D eigenvalue weighted by Gasteiger charge is -2.01. The molecule has 0 fully saturated rings. The second kappa shape index (κ2) is 4.43. The molecule has 0 saturated carbocycles. The Morgan fingerprint density at radius 1 is 1.54 bits per heavy atom. The van der Waals surface area contributed by atoms with E-state index in [1.165, 1.54) is 6.26 Å². The van der Waals surface area contributed by atoms with Crippen LogP contribution in [0.2, 0.25) is 0 Å². The number of rotatable bonds is 5. The van der Waals surface area contributed by atoms with Crippen molar-refractivity contribution in [3.8, 4) is 0 Å². The highest BCUT2D eigenvalue weighted by Crippen LogP contribution is 1.92. The van der Waals surface area contributed by atoms with Gasteiger partial charge in [-0.15, -0.1) is 0 Å². The number of hydrogen-bond acceptors (Lipinski definition) is 3. The molecule has 0 aliphatic carbocycles. The van der Waals surface area contributed by atoms with E-state index in [0.717, 1.165) is 5.69 Å². The Bertz CT molecular complexity index is 329. The summed E-state index contributed by atoms with van der Waals surface area (Å²) in [5.41, 5.74) is 1.06. The van der Waals surface area contributed by atoms with E-state index in [0.29, 0.717) is 13.1 Å². The van der Waals surface area contributed by atoms with Crippen LogP contribution in [0.15, 0.2) is 18.3 Å². The van der Waals surface area contributed by atoms with Crippen LogP contribution in [0.1, 0.15) is 5.69 Å². The lowest BCUT2D eigenvalue weighted by atomic mass is 10.4. The summed E-state index contributed by atoms with van der Waals surface area (Å²) in [5.74, 6) is 0.188. The van der Waals surface area contributed by atoms with E-state index < -0.39 is 9.84 Å². The summed E-state index contributed by atoms with van der Waals surface area (Å²) in [6.45, 7) is 1.18. The van der Waals surface area contributed by atoms with Crippen LogP contribution in [-0.4, -0.2) is 32.0 Å². The summed E-state index contributed by atoms with van der Waals surface area (Å²) in [7, 11) is -2.84. The lowest BCUT2D eigenvalue weighted by molar-refractivity contribution is 0.596. The fourth-order valence-corrected chi connectivity index (χ4v) is 1.47. The maximum Gasteiger partial charge on any atom is 0.148 e. The second-order valence-corrected chi connectivity index (χ2v) is 5.26. The molecule has 0 radical (unpaired) electrons. The van der Waals surface area contributed by atoms with Crippen molar-refractivity contribution in [2.24, 2.45) is 0 Å². The van der Waals surface area contributed by atoms with E-state index >= 15 is 0 Å². The molecule has 4 nitrogen and oxygen atoms in total. The zero-order valence-corrected chi connectivity index (χ0v) is 8.39. The number of hydrogen-bond donors (Lipinski definition) is 2. The van der Waals surface area contributed by atoms with Gasteiger partial charge >= 0.3 is 0 Å². The van der Waals surface area contributed by atoms with Gasteiger partial charge in [-0.2, -0.15) is 0 Å². The fourth-order valence-electron chi connectivity index (χ4n) is 0.958. The van der Waals surface area contributed by atoms with Crippen LogP contribution in [0.25, 0.3) is 0 Å². The molecule has 0 aromatic carbocycles. The van der Waals surface area contributed by atoms with E-state index in [1.54, 1.807) is 0 Å². The quantitative estimate of drug-likeness (QED) is 0.668. The number of H-pyrrole nitrogens is 1. The van der Waals surface area contributed by atoms with E-state index in [4.69, 9.17) is 0 Å². The minimum Gasteiger partial charge on any atom is -0.364 e. The van der Waals surface area contributed by atoms with Gasteiger partial charge in [-0.3, -0.25) is 0 Å². The average molecular weight is 202 g/mol. The highest BCUT2D eigenvalue weighted by atomic mass is 32.2. The summed E-state index contributed by atoms with van der Waals surface area (Å²) in [6.07, 6.45) is 3.08. The molecule has 1 rings (SSSR count). The van der Waals surface area contributed by atoms with Gasteiger partial charge in [0, 0.05) is 31.2 Å². The zero-order chi connectivity index (χ0) is 9.73. The van der Waals surface area contributed by atoms with Crippen LogP contribution in [0.5, 0.6) is 0 Å². The average Bonchev–Trinajstić information content (AvgIpc) is 2.48. The van der Waals surface area contributed by atoms with Crippen LogP contribution in [0.4, 0.5) is 0 Å². The predicted molar refractivity (Wildman–Crippen MR) is 52.2 cm³/mol. The molecule has 0 spiro atoms. The standard InChI is InChI=1S/C8H14N2O2S/c1-13(11,12)6-5-9-7-8-3-2-4-10-8/h2-4,9-10H,5-7H2,1H3. The van der Waals surface area contributed by atoms with Gasteiger partial charge in [0.25, 0.3) is 0 Å². The highest BCUT2D eigenvalue weighted by Gasteiger charge is 2.00. The van der Waals surface area contributed by atoms with Gasteiger partial charge in [0.1, 0.15) is 9.84 Å². The Kier molecular flexibility index (Phi) is 3.50. The Morgan fingerprint density at radius 2 is 2.31 bits per heavy atom. The maximum absolute atomic E-state index is 10.7. The molecule has 0 unspecified atom stereocenters. The van der Waals surface area contributed by atoms with Gasteiger partial charge in [-0.1, -0.05) is 0 Å². The third-order valence-corrected chi connectivity index (χ3v) is 2.57. The minimum absolute atomic E-state index is 0.188. The third kappa shape index (κ3) is 4.69. The summed E-state index contributed by atoms with van der Waals surface area (Å²) < 4.78 is 21.5. The van der Waals surface area contributed by atoms with E-state index in [2.05, 4.69) is 10.3 Å². The Morgan fingerprint density at radius 3 is 2.85 bits per heavy atom. The first-order valence-electron chi connectivity index (χ1n) is 4.08. The number of aromatic nitrogens is 1. The second-order valence-electron chi connectivity index (χ2n) is 3.00. The number of sulfone groups is 1. The molecule has 74 valence electrons. The first-order valence-corrected chi connectivity index (χ1v) is 6.15. The molecule has 1 aromatic heterocycles. The molecular formula is C8H14N2O2S. The van der Waals surface area contributed by atoms with Crippen molar-refractivity contribution in [3.05, 3.63) is 24.0 Å². The first-order chi connectivity index (χ1) is 6.08. The Balaban J connectivity index is 2.16. The van der Waals surface area contributed by atoms with E-state index in [-0.39, 0.29) is 5.75 Å². The van der Waals surface area contributed by atoms with Gasteiger partial charge in [0.05, 0.1) is 5.75 Å². The van der Waals surface area contributed by atoms with Gasteiger partial charge in [-0.25, -0.2) is 8.42 Å². The smallest absolute Gasteiger partial charge is 0.148 e. The fraction of sp³-hybridized carbons (Fsp3) is 0.500. The summed E-state index contributed by atoms with van der Waals surface area (Å²) in [6, 6.07) is 3.86. The summed E-state index contributed by atoms with van der Waals surface area (Å²) >= 11 is 0. The predicted octanol–water partition coefficient (Wildman–Crippen LogP) is 0.149. The van der Waals surface area contributed by atoms with Gasteiger partial charge in [-0.05, 0) is 12.1 Å². The monoisotopic (exact) mass is 202 g/mol. The molecule has 0 aliphatic heterocycles. The Labute approximate surface area is 78.3 Å². The van der Waals surface area contributed by atoms with E-state index in [1.807, 2.05) is 18.3 Å². The van der Waals surface area contributed by atoms with Crippen molar-refractivity contribution in [2.45, 2.75) is 6.54 Å². The molecule has 1 aromatic rings. The molecule has 5 heteroatoms. The van der Waals surface area contributed by atoms with Crippen LogP contribution >= 0.6 is 0 Å². The molecule has 0 amide bonds. The molecule has 0 bridgehead atoms. The van der Waals surface area contributed by atoms with Crippen LogP contribution < -0.4 is 5.32 Å². The molecule has 0 aliphatic rings. The molecule has 0 atom stereocenters. The van der Waals surface area contributed by atoms with Crippen LogP contribution in [0, 0.1) is 0 Å². The summed E-state index contributed by atoms with van der Waals surface area (Å²) in [5, 5.41) is 3.03. The van der Waals surface area contributed by atoms with Gasteiger partial charge in [0.2, 0.25) is 0 Å². The highest BCUT2D eigenvalue weighted by molar-refractivity contribution is 7.90.